The van der Waals surface area contributed by atoms with Crippen LogP contribution < -0.4 is 5.73 Å². The van der Waals surface area contributed by atoms with E-state index in [0.29, 0.717) is 10.6 Å². The van der Waals surface area contributed by atoms with Crippen molar-refractivity contribution in [2.45, 2.75) is 6.29 Å². The predicted octanol–water partition coefficient (Wildman–Crippen LogP) is 1.97. The number of nitrogens with zero attached hydrogens (tertiary/aromatic N) is 1. The molecule has 0 fully saturated rings. The first-order valence-electron chi connectivity index (χ1n) is 4.96. The van der Waals surface area contributed by atoms with Crippen LogP contribution in [0.15, 0.2) is 36.4 Å². The first-order chi connectivity index (χ1) is 8.08. The standard InChI is InChI=1S/C12H11ClN2O2/c13-8-3-1-7(2-4-8)9-5-6-10(14)15-11(9)12(16)17/h1-6,12,16-17H,(H2,14,15). The molecule has 0 bridgehead atoms. The molecule has 0 unspecified atom stereocenters. The zero-order valence-electron chi connectivity index (χ0n) is 8.84. The topological polar surface area (TPSA) is 79.4 Å². The van der Waals surface area contributed by atoms with Crippen molar-refractivity contribution in [1.82, 2.24) is 4.98 Å². The highest BCUT2D eigenvalue weighted by atomic mass is 35.5. The number of benzene rings is 1. The van der Waals surface area contributed by atoms with Crippen molar-refractivity contribution in [3.8, 4) is 11.1 Å². The number of nitrogens with two attached hydrogens (primary N) is 1. The molecule has 1 aromatic heterocycles. The van der Waals surface area contributed by atoms with Gasteiger partial charge in [-0.3, -0.25) is 0 Å². The molecule has 0 spiro atoms. The summed E-state index contributed by atoms with van der Waals surface area (Å²) >= 11 is 5.79. The van der Waals surface area contributed by atoms with E-state index in [1.807, 2.05) is 0 Å². The van der Waals surface area contributed by atoms with Crippen LogP contribution >= 0.6 is 11.6 Å². The second-order valence-electron chi connectivity index (χ2n) is 3.55. The molecule has 0 amide bonds. The maximum Gasteiger partial charge on any atom is 0.196 e. The first kappa shape index (κ1) is 11.9. The average molecular weight is 251 g/mol. The largest absolute Gasteiger partial charge is 0.384 e. The van der Waals surface area contributed by atoms with Gasteiger partial charge in [0, 0.05) is 10.6 Å². The molecular formula is C12H11ClN2O2. The molecule has 2 rings (SSSR count). The Morgan fingerprint density at radius 3 is 2.29 bits per heavy atom. The van der Waals surface area contributed by atoms with Crippen LogP contribution in [0.4, 0.5) is 5.82 Å². The monoisotopic (exact) mass is 250 g/mol. The van der Waals surface area contributed by atoms with Gasteiger partial charge in [0.1, 0.15) is 11.5 Å². The summed E-state index contributed by atoms with van der Waals surface area (Å²) in [6, 6.07) is 10.3. The lowest BCUT2D eigenvalue weighted by Crippen LogP contribution is -2.04. The number of aliphatic hydroxyl groups excluding tert-OH is 1. The lowest BCUT2D eigenvalue weighted by atomic mass is 10.0. The van der Waals surface area contributed by atoms with Crippen LogP contribution in [0.5, 0.6) is 0 Å². The highest BCUT2D eigenvalue weighted by Crippen LogP contribution is 2.27. The minimum atomic E-state index is -1.66. The molecule has 1 heterocycles. The van der Waals surface area contributed by atoms with Crippen molar-refractivity contribution in [2.75, 3.05) is 5.73 Å². The molecular weight excluding hydrogens is 240 g/mol. The van der Waals surface area contributed by atoms with Crippen molar-refractivity contribution < 1.29 is 10.2 Å². The smallest absolute Gasteiger partial charge is 0.196 e. The summed E-state index contributed by atoms with van der Waals surface area (Å²) in [5.41, 5.74) is 7.06. The van der Waals surface area contributed by atoms with Crippen molar-refractivity contribution in [3.05, 3.63) is 47.1 Å². The van der Waals surface area contributed by atoms with E-state index in [-0.39, 0.29) is 11.5 Å². The van der Waals surface area contributed by atoms with E-state index in [4.69, 9.17) is 17.3 Å². The van der Waals surface area contributed by atoms with E-state index in [2.05, 4.69) is 4.98 Å². The number of aromatic nitrogens is 1. The molecule has 17 heavy (non-hydrogen) atoms. The second kappa shape index (κ2) is 4.71. The summed E-state index contributed by atoms with van der Waals surface area (Å²) in [5, 5.41) is 19.1. The van der Waals surface area contributed by atoms with Gasteiger partial charge in [-0.05, 0) is 29.8 Å². The lowest BCUT2D eigenvalue weighted by molar-refractivity contribution is -0.0452. The summed E-state index contributed by atoms with van der Waals surface area (Å²) in [6.45, 7) is 0. The first-order valence-corrected chi connectivity index (χ1v) is 5.34. The number of hydrogen-bond acceptors (Lipinski definition) is 4. The summed E-state index contributed by atoms with van der Waals surface area (Å²) < 4.78 is 0. The minimum absolute atomic E-state index is 0.132. The fourth-order valence-electron chi connectivity index (χ4n) is 1.56. The summed E-state index contributed by atoms with van der Waals surface area (Å²) in [5.74, 6) is 0.241. The molecule has 1 aromatic carbocycles. The third kappa shape index (κ3) is 2.55. The Morgan fingerprint density at radius 2 is 1.71 bits per heavy atom. The van der Waals surface area contributed by atoms with Crippen LogP contribution in [0.1, 0.15) is 12.0 Å². The third-order valence-electron chi connectivity index (χ3n) is 2.35. The van der Waals surface area contributed by atoms with Crippen LogP contribution in [0, 0.1) is 0 Å². The number of pyridine rings is 1. The predicted molar refractivity (Wildman–Crippen MR) is 66.3 cm³/mol. The SMILES string of the molecule is Nc1ccc(-c2ccc(Cl)cc2)c(C(O)O)n1. The van der Waals surface area contributed by atoms with E-state index >= 15 is 0 Å². The van der Waals surface area contributed by atoms with Crippen molar-refractivity contribution in [1.29, 1.82) is 0 Å². The van der Waals surface area contributed by atoms with Crippen LogP contribution in [0.2, 0.25) is 5.02 Å². The van der Waals surface area contributed by atoms with Gasteiger partial charge < -0.3 is 15.9 Å². The fraction of sp³-hybridized carbons (Fsp3) is 0.0833. The van der Waals surface area contributed by atoms with Gasteiger partial charge in [0.2, 0.25) is 0 Å². The Bertz CT molecular complexity index is 527. The Morgan fingerprint density at radius 1 is 1.06 bits per heavy atom. The number of nitrogen functional groups attached to an aromatic ring is 1. The Kier molecular flexibility index (Phi) is 3.28. The normalized spacial score (nSPS) is 10.8. The van der Waals surface area contributed by atoms with E-state index in [1.165, 1.54) is 0 Å². The Balaban J connectivity index is 2.54. The quantitative estimate of drug-likeness (QED) is 0.712. The molecule has 0 saturated carbocycles. The van der Waals surface area contributed by atoms with Crippen LogP contribution in [-0.2, 0) is 0 Å². The molecule has 0 atom stereocenters. The molecule has 88 valence electrons. The minimum Gasteiger partial charge on any atom is -0.384 e. The third-order valence-corrected chi connectivity index (χ3v) is 2.60. The van der Waals surface area contributed by atoms with Crippen molar-refractivity contribution in [3.63, 3.8) is 0 Å². The summed E-state index contributed by atoms with van der Waals surface area (Å²) in [4.78, 5) is 3.92. The number of halogens is 1. The number of anilines is 1. The van der Waals surface area contributed by atoms with Gasteiger partial charge in [0.15, 0.2) is 6.29 Å². The molecule has 0 radical (unpaired) electrons. The summed E-state index contributed by atoms with van der Waals surface area (Å²) in [6.07, 6.45) is -1.66. The molecule has 0 aliphatic carbocycles. The molecule has 2 aromatic rings. The molecule has 5 heteroatoms. The van der Waals surface area contributed by atoms with Crippen LogP contribution in [0.3, 0.4) is 0 Å². The average Bonchev–Trinajstić information content (AvgIpc) is 2.30. The van der Waals surface area contributed by atoms with Gasteiger partial charge in [0.25, 0.3) is 0 Å². The zero-order valence-corrected chi connectivity index (χ0v) is 9.59. The summed E-state index contributed by atoms with van der Waals surface area (Å²) in [7, 11) is 0. The van der Waals surface area contributed by atoms with Gasteiger partial charge in [-0.15, -0.1) is 0 Å². The van der Waals surface area contributed by atoms with Crippen molar-refractivity contribution >= 4 is 17.4 Å². The Labute approximate surface area is 103 Å². The highest BCUT2D eigenvalue weighted by Gasteiger charge is 2.13. The van der Waals surface area contributed by atoms with Gasteiger partial charge in [0.05, 0.1) is 0 Å². The number of aliphatic hydroxyl groups is 2. The lowest BCUT2D eigenvalue weighted by Gasteiger charge is -2.11. The second-order valence-corrected chi connectivity index (χ2v) is 3.99. The highest BCUT2D eigenvalue weighted by molar-refractivity contribution is 6.30. The Hall–Kier alpha value is -1.62. The zero-order chi connectivity index (χ0) is 12.4. The maximum absolute atomic E-state index is 9.26. The van der Waals surface area contributed by atoms with E-state index in [1.54, 1.807) is 36.4 Å². The van der Waals surface area contributed by atoms with Gasteiger partial charge >= 0.3 is 0 Å². The molecule has 0 aliphatic rings. The van der Waals surface area contributed by atoms with Crippen LogP contribution in [0.25, 0.3) is 11.1 Å². The molecule has 4 nitrogen and oxygen atoms in total. The van der Waals surface area contributed by atoms with E-state index in [0.717, 1.165) is 5.56 Å². The van der Waals surface area contributed by atoms with Crippen LogP contribution in [-0.4, -0.2) is 15.2 Å². The van der Waals surface area contributed by atoms with Gasteiger partial charge in [-0.25, -0.2) is 4.98 Å². The molecule has 0 aliphatic heterocycles. The molecule has 0 saturated heterocycles. The number of hydrogen-bond donors (Lipinski definition) is 3. The van der Waals surface area contributed by atoms with Crippen molar-refractivity contribution in [2.24, 2.45) is 0 Å². The molecule has 4 N–H and O–H groups in total. The number of rotatable bonds is 2. The van der Waals surface area contributed by atoms with E-state index < -0.39 is 6.29 Å². The fourth-order valence-corrected chi connectivity index (χ4v) is 1.69. The van der Waals surface area contributed by atoms with Gasteiger partial charge in [-0.1, -0.05) is 23.7 Å². The van der Waals surface area contributed by atoms with Gasteiger partial charge in [-0.2, -0.15) is 0 Å². The van der Waals surface area contributed by atoms with E-state index in [9.17, 15) is 10.2 Å². The maximum atomic E-state index is 9.26.